The summed E-state index contributed by atoms with van der Waals surface area (Å²) >= 11 is 5.67. The molecule has 0 bridgehead atoms. The SMILES string of the molecule is Cc1nc(Cl)cc(C(=O)OC(C)C)n1. The molecule has 14 heavy (non-hydrogen) atoms. The van der Waals surface area contributed by atoms with Gasteiger partial charge in [-0.15, -0.1) is 0 Å². The topological polar surface area (TPSA) is 52.1 Å². The lowest BCUT2D eigenvalue weighted by Crippen LogP contribution is -2.13. The van der Waals surface area contributed by atoms with Crippen molar-refractivity contribution in [3.8, 4) is 0 Å². The van der Waals surface area contributed by atoms with Gasteiger partial charge < -0.3 is 4.74 Å². The van der Waals surface area contributed by atoms with Crippen LogP contribution < -0.4 is 0 Å². The van der Waals surface area contributed by atoms with Gasteiger partial charge in [-0.05, 0) is 20.8 Å². The molecule has 0 unspecified atom stereocenters. The van der Waals surface area contributed by atoms with Crippen molar-refractivity contribution in [3.63, 3.8) is 0 Å². The molecular formula is C9H11ClN2O2. The monoisotopic (exact) mass is 214 g/mol. The highest BCUT2D eigenvalue weighted by Gasteiger charge is 2.12. The number of nitrogens with zero attached hydrogens (tertiary/aromatic N) is 2. The zero-order chi connectivity index (χ0) is 10.7. The van der Waals surface area contributed by atoms with E-state index in [0.29, 0.717) is 5.82 Å². The standard InChI is InChI=1S/C9H11ClN2O2/c1-5(2)14-9(13)7-4-8(10)12-6(3)11-7/h4-5H,1-3H3. The summed E-state index contributed by atoms with van der Waals surface area (Å²) in [6.45, 7) is 5.21. The average molecular weight is 215 g/mol. The van der Waals surface area contributed by atoms with Gasteiger partial charge in [0.15, 0.2) is 5.69 Å². The minimum absolute atomic E-state index is 0.170. The van der Waals surface area contributed by atoms with Gasteiger partial charge in [0, 0.05) is 6.07 Å². The third kappa shape index (κ3) is 2.96. The lowest BCUT2D eigenvalue weighted by atomic mass is 10.4. The molecule has 0 N–H and O–H groups in total. The van der Waals surface area contributed by atoms with Crippen molar-refractivity contribution in [2.75, 3.05) is 0 Å². The van der Waals surface area contributed by atoms with E-state index in [1.807, 2.05) is 0 Å². The molecule has 0 aliphatic carbocycles. The van der Waals surface area contributed by atoms with Crippen molar-refractivity contribution >= 4 is 17.6 Å². The Morgan fingerprint density at radius 2 is 2.14 bits per heavy atom. The smallest absolute Gasteiger partial charge is 0.357 e. The summed E-state index contributed by atoms with van der Waals surface area (Å²) in [7, 11) is 0. The number of rotatable bonds is 2. The molecule has 0 spiro atoms. The third-order valence-electron chi connectivity index (χ3n) is 1.36. The highest BCUT2D eigenvalue weighted by atomic mass is 35.5. The number of ether oxygens (including phenoxy) is 1. The molecule has 1 aromatic heterocycles. The van der Waals surface area contributed by atoms with Gasteiger partial charge in [-0.25, -0.2) is 14.8 Å². The predicted octanol–water partition coefficient (Wildman–Crippen LogP) is 2.00. The highest BCUT2D eigenvalue weighted by molar-refractivity contribution is 6.29. The molecular weight excluding hydrogens is 204 g/mol. The van der Waals surface area contributed by atoms with Crippen molar-refractivity contribution in [2.24, 2.45) is 0 Å². The van der Waals surface area contributed by atoms with Crippen LogP contribution in [0.15, 0.2) is 6.07 Å². The van der Waals surface area contributed by atoms with Gasteiger partial charge in [-0.2, -0.15) is 0 Å². The van der Waals surface area contributed by atoms with Gasteiger partial charge in [0.25, 0.3) is 0 Å². The summed E-state index contributed by atoms with van der Waals surface area (Å²) in [5.74, 6) is -0.0272. The van der Waals surface area contributed by atoms with E-state index in [1.165, 1.54) is 6.07 Å². The Hall–Kier alpha value is -1.16. The first-order valence-electron chi connectivity index (χ1n) is 4.21. The van der Waals surface area contributed by atoms with E-state index in [4.69, 9.17) is 16.3 Å². The number of aromatic nitrogens is 2. The molecule has 0 fully saturated rings. The van der Waals surface area contributed by atoms with Crippen LogP contribution in [0.25, 0.3) is 0 Å². The zero-order valence-electron chi connectivity index (χ0n) is 8.24. The molecule has 0 aliphatic rings. The second kappa shape index (κ2) is 4.37. The molecule has 0 aromatic carbocycles. The van der Waals surface area contributed by atoms with Crippen molar-refractivity contribution in [1.29, 1.82) is 0 Å². The molecule has 0 amide bonds. The molecule has 0 atom stereocenters. The normalized spacial score (nSPS) is 10.4. The lowest BCUT2D eigenvalue weighted by molar-refractivity contribution is 0.0370. The van der Waals surface area contributed by atoms with Gasteiger partial charge >= 0.3 is 5.97 Å². The van der Waals surface area contributed by atoms with Crippen LogP contribution in [0.4, 0.5) is 0 Å². The molecule has 1 heterocycles. The maximum Gasteiger partial charge on any atom is 0.357 e. The number of carbonyl (C=O) groups excluding carboxylic acids is 1. The van der Waals surface area contributed by atoms with Gasteiger partial charge in [-0.1, -0.05) is 11.6 Å². The van der Waals surface area contributed by atoms with Crippen LogP contribution in [0, 0.1) is 6.92 Å². The first kappa shape index (κ1) is 10.9. The number of carbonyl (C=O) groups is 1. The predicted molar refractivity (Wildman–Crippen MR) is 52.3 cm³/mol. The van der Waals surface area contributed by atoms with Gasteiger partial charge in [0.05, 0.1) is 6.10 Å². The fourth-order valence-electron chi connectivity index (χ4n) is 0.910. The molecule has 1 aromatic rings. The van der Waals surface area contributed by atoms with E-state index in [2.05, 4.69) is 9.97 Å². The summed E-state index contributed by atoms with van der Waals surface area (Å²) in [5.41, 5.74) is 0.191. The summed E-state index contributed by atoms with van der Waals surface area (Å²) in [6.07, 6.45) is -0.170. The quantitative estimate of drug-likeness (QED) is 0.558. The second-order valence-corrected chi connectivity index (χ2v) is 3.46. The molecule has 0 saturated carbocycles. The van der Waals surface area contributed by atoms with Crippen molar-refractivity contribution in [1.82, 2.24) is 9.97 Å². The molecule has 0 saturated heterocycles. The Balaban J connectivity index is 2.90. The van der Waals surface area contributed by atoms with Crippen molar-refractivity contribution < 1.29 is 9.53 Å². The second-order valence-electron chi connectivity index (χ2n) is 3.08. The maximum atomic E-state index is 11.4. The molecule has 0 aliphatic heterocycles. The van der Waals surface area contributed by atoms with Crippen LogP contribution in [0.1, 0.15) is 30.2 Å². The number of aryl methyl sites for hydroxylation is 1. The van der Waals surface area contributed by atoms with Gasteiger partial charge in [0.2, 0.25) is 0 Å². The molecule has 1 rings (SSSR count). The Labute approximate surface area is 87.3 Å². The Kier molecular flexibility index (Phi) is 3.41. The van der Waals surface area contributed by atoms with E-state index in [-0.39, 0.29) is 17.0 Å². The fourth-order valence-corrected chi connectivity index (χ4v) is 1.14. The number of esters is 1. The maximum absolute atomic E-state index is 11.4. The van der Waals surface area contributed by atoms with Crippen LogP contribution in [0.2, 0.25) is 5.15 Å². The van der Waals surface area contributed by atoms with E-state index in [1.54, 1.807) is 20.8 Å². The fraction of sp³-hybridized carbons (Fsp3) is 0.444. The molecule has 4 nitrogen and oxygen atoms in total. The van der Waals surface area contributed by atoms with E-state index >= 15 is 0 Å². The van der Waals surface area contributed by atoms with Crippen LogP contribution in [0.5, 0.6) is 0 Å². The Bertz CT molecular complexity index is 332. The van der Waals surface area contributed by atoms with Crippen molar-refractivity contribution in [3.05, 3.63) is 22.7 Å². The zero-order valence-corrected chi connectivity index (χ0v) is 9.00. The number of hydrogen-bond donors (Lipinski definition) is 0. The number of halogens is 1. The summed E-state index contributed by atoms with van der Waals surface area (Å²) in [4.78, 5) is 19.1. The van der Waals surface area contributed by atoms with Gasteiger partial charge in [0.1, 0.15) is 11.0 Å². The van der Waals surface area contributed by atoms with E-state index in [0.717, 1.165) is 0 Å². The third-order valence-corrected chi connectivity index (χ3v) is 1.55. The van der Waals surface area contributed by atoms with Crippen LogP contribution in [-0.2, 0) is 4.74 Å². The van der Waals surface area contributed by atoms with E-state index < -0.39 is 5.97 Å². The minimum Gasteiger partial charge on any atom is -0.458 e. The summed E-state index contributed by atoms with van der Waals surface area (Å²) in [6, 6.07) is 1.39. The summed E-state index contributed by atoms with van der Waals surface area (Å²) < 4.78 is 4.96. The minimum atomic E-state index is -0.479. The molecule has 5 heteroatoms. The summed E-state index contributed by atoms with van der Waals surface area (Å²) in [5, 5.41) is 0.244. The first-order valence-corrected chi connectivity index (χ1v) is 4.59. The Morgan fingerprint density at radius 1 is 1.50 bits per heavy atom. The molecule has 0 radical (unpaired) electrons. The average Bonchev–Trinajstić information content (AvgIpc) is 2.00. The number of hydrogen-bond acceptors (Lipinski definition) is 4. The van der Waals surface area contributed by atoms with E-state index in [9.17, 15) is 4.79 Å². The Morgan fingerprint density at radius 3 is 2.64 bits per heavy atom. The lowest BCUT2D eigenvalue weighted by Gasteiger charge is -2.07. The highest BCUT2D eigenvalue weighted by Crippen LogP contribution is 2.08. The van der Waals surface area contributed by atoms with Crippen LogP contribution >= 0.6 is 11.6 Å². The van der Waals surface area contributed by atoms with Crippen LogP contribution in [-0.4, -0.2) is 22.0 Å². The first-order chi connectivity index (χ1) is 6.49. The van der Waals surface area contributed by atoms with Gasteiger partial charge in [-0.3, -0.25) is 0 Å². The van der Waals surface area contributed by atoms with Crippen LogP contribution in [0.3, 0.4) is 0 Å². The largest absolute Gasteiger partial charge is 0.458 e. The molecule has 76 valence electrons. The van der Waals surface area contributed by atoms with Crippen molar-refractivity contribution in [2.45, 2.75) is 26.9 Å².